The molecule has 0 fully saturated rings. The maximum atomic E-state index is 13.1. The van der Waals surface area contributed by atoms with Gasteiger partial charge in [-0.25, -0.2) is 4.98 Å². The monoisotopic (exact) mass is 405 g/mol. The first-order valence-corrected chi connectivity index (χ1v) is 8.74. The summed E-state index contributed by atoms with van der Waals surface area (Å²) in [5.41, 5.74) is -0.347. The van der Waals surface area contributed by atoms with E-state index in [0.717, 1.165) is 22.3 Å². The molecular formula is C20H18F3N3O3. The van der Waals surface area contributed by atoms with Gasteiger partial charge in [-0.1, -0.05) is 30.3 Å². The summed E-state index contributed by atoms with van der Waals surface area (Å²) in [5.74, 6) is -0.635. The van der Waals surface area contributed by atoms with Crippen molar-refractivity contribution in [3.63, 3.8) is 0 Å². The molecule has 9 heteroatoms. The van der Waals surface area contributed by atoms with Gasteiger partial charge in [-0.3, -0.25) is 14.2 Å². The van der Waals surface area contributed by atoms with Crippen LogP contribution in [0.25, 0.3) is 10.9 Å². The van der Waals surface area contributed by atoms with E-state index in [1.807, 2.05) is 13.0 Å². The van der Waals surface area contributed by atoms with Crippen molar-refractivity contribution in [1.82, 2.24) is 14.9 Å². The number of alkyl halides is 3. The quantitative estimate of drug-likeness (QED) is 0.684. The van der Waals surface area contributed by atoms with Gasteiger partial charge in [0.15, 0.2) is 0 Å². The maximum absolute atomic E-state index is 13.1. The lowest BCUT2D eigenvalue weighted by Gasteiger charge is -2.18. The van der Waals surface area contributed by atoms with Crippen LogP contribution in [0, 0.1) is 6.92 Å². The van der Waals surface area contributed by atoms with E-state index in [0.29, 0.717) is 10.9 Å². The van der Waals surface area contributed by atoms with Gasteiger partial charge in [0, 0.05) is 6.54 Å². The van der Waals surface area contributed by atoms with Crippen LogP contribution in [0.2, 0.25) is 0 Å². The van der Waals surface area contributed by atoms with E-state index in [9.17, 15) is 27.9 Å². The molecule has 1 heterocycles. The predicted molar refractivity (Wildman–Crippen MR) is 100 cm³/mol. The molecule has 0 saturated carbocycles. The van der Waals surface area contributed by atoms with Crippen LogP contribution in [0.3, 0.4) is 0 Å². The second-order valence-corrected chi connectivity index (χ2v) is 6.55. The molecule has 0 aliphatic carbocycles. The number of benzene rings is 2. The van der Waals surface area contributed by atoms with Crippen molar-refractivity contribution in [2.45, 2.75) is 25.7 Å². The number of hydrogen-bond donors (Lipinski definition) is 2. The van der Waals surface area contributed by atoms with Crippen molar-refractivity contribution in [3.8, 4) is 0 Å². The number of halogens is 3. The number of para-hydroxylation sites is 1. The molecule has 0 saturated heterocycles. The van der Waals surface area contributed by atoms with Crippen LogP contribution in [0.1, 0.15) is 22.8 Å². The molecule has 152 valence electrons. The minimum atomic E-state index is -4.62. The Morgan fingerprint density at radius 2 is 1.93 bits per heavy atom. The van der Waals surface area contributed by atoms with Gasteiger partial charge < -0.3 is 10.4 Å². The molecule has 0 bridgehead atoms. The fraction of sp³-hybridized carbons (Fsp3) is 0.250. The molecule has 1 amide bonds. The van der Waals surface area contributed by atoms with Gasteiger partial charge in [-0.05, 0) is 30.2 Å². The normalized spacial score (nSPS) is 12.7. The SMILES string of the molecule is Cc1cccc2c(=O)n(CC(=O)NCC(O)c3ccccc3C(F)(F)F)cnc12. The van der Waals surface area contributed by atoms with Gasteiger partial charge in [-0.2, -0.15) is 13.2 Å². The van der Waals surface area contributed by atoms with Crippen molar-refractivity contribution in [3.05, 3.63) is 75.8 Å². The average Bonchev–Trinajstić information content (AvgIpc) is 2.68. The Morgan fingerprint density at radius 1 is 1.21 bits per heavy atom. The number of carbonyl (C=O) groups excluding carboxylic acids is 1. The van der Waals surface area contributed by atoms with Crippen molar-refractivity contribution in [2.24, 2.45) is 0 Å². The number of rotatable bonds is 5. The summed E-state index contributed by atoms with van der Waals surface area (Å²) in [6.45, 7) is 1.01. The fourth-order valence-corrected chi connectivity index (χ4v) is 3.03. The van der Waals surface area contributed by atoms with Gasteiger partial charge in [0.05, 0.1) is 28.9 Å². The lowest BCUT2D eigenvalue weighted by molar-refractivity contribution is -0.139. The molecule has 1 unspecified atom stereocenters. The molecule has 0 aliphatic rings. The van der Waals surface area contributed by atoms with Crippen molar-refractivity contribution >= 4 is 16.8 Å². The van der Waals surface area contributed by atoms with E-state index in [1.165, 1.54) is 18.5 Å². The Hall–Kier alpha value is -3.20. The lowest BCUT2D eigenvalue weighted by atomic mass is 10.0. The number of nitrogens with zero attached hydrogens (tertiary/aromatic N) is 2. The molecule has 2 aromatic carbocycles. The Labute approximate surface area is 163 Å². The molecule has 0 radical (unpaired) electrons. The summed E-state index contributed by atoms with van der Waals surface area (Å²) in [5, 5.41) is 12.8. The van der Waals surface area contributed by atoms with Crippen molar-refractivity contribution in [1.29, 1.82) is 0 Å². The van der Waals surface area contributed by atoms with Gasteiger partial charge >= 0.3 is 6.18 Å². The van der Waals surface area contributed by atoms with Crippen LogP contribution in [-0.2, 0) is 17.5 Å². The largest absolute Gasteiger partial charge is 0.416 e. The number of nitrogens with one attached hydrogen (secondary N) is 1. The Bertz CT molecular complexity index is 1110. The smallest absolute Gasteiger partial charge is 0.387 e. The number of amides is 1. The summed E-state index contributed by atoms with van der Waals surface area (Å²) in [4.78, 5) is 28.8. The lowest BCUT2D eigenvalue weighted by Crippen LogP contribution is -2.35. The van der Waals surface area contributed by atoms with Crippen LogP contribution in [-0.4, -0.2) is 27.1 Å². The standard InChI is InChI=1S/C20H18F3N3O3/c1-12-5-4-7-14-18(12)25-11-26(19(14)29)10-17(28)24-9-16(27)13-6-2-3-8-15(13)20(21,22)23/h2-8,11,16,27H,9-10H2,1H3,(H,24,28). The highest BCUT2D eigenvalue weighted by molar-refractivity contribution is 5.81. The first-order valence-electron chi connectivity index (χ1n) is 8.74. The molecule has 29 heavy (non-hydrogen) atoms. The van der Waals surface area contributed by atoms with Crippen molar-refractivity contribution < 1.29 is 23.1 Å². The summed E-state index contributed by atoms with van der Waals surface area (Å²) in [7, 11) is 0. The second-order valence-electron chi connectivity index (χ2n) is 6.55. The van der Waals surface area contributed by atoms with Gasteiger partial charge in [-0.15, -0.1) is 0 Å². The summed E-state index contributed by atoms with van der Waals surface area (Å²) < 4.78 is 40.3. The zero-order valence-corrected chi connectivity index (χ0v) is 15.4. The summed E-state index contributed by atoms with van der Waals surface area (Å²) in [6.07, 6.45) is -4.93. The number of aliphatic hydroxyl groups excluding tert-OH is 1. The number of aliphatic hydroxyl groups is 1. The first-order chi connectivity index (χ1) is 13.7. The Kier molecular flexibility index (Phi) is 5.69. The molecule has 0 aliphatic heterocycles. The molecule has 0 spiro atoms. The third-order valence-corrected chi connectivity index (χ3v) is 4.49. The van der Waals surface area contributed by atoms with E-state index in [2.05, 4.69) is 10.3 Å². The van der Waals surface area contributed by atoms with Gasteiger partial charge in [0.2, 0.25) is 5.91 Å². The maximum Gasteiger partial charge on any atom is 0.416 e. The van der Waals surface area contributed by atoms with Crippen molar-refractivity contribution in [2.75, 3.05) is 6.54 Å². The summed E-state index contributed by atoms with van der Waals surface area (Å²) in [6, 6.07) is 9.73. The fourth-order valence-electron chi connectivity index (χ4n) is 3.03. The molecule has 2 N–H and O–H groups in total. The third-order valence-electron chi connectivity index (χ3n) is 4.49. The highest BCUT2D eigenvalue weighted by Crippen LogP contribution is 2.34. The van der Waals surface area contributed by atoms with Gasteiger partial charge in [0.1, 0.15) is 6.54 Å². The number of fused-ring (bicyclic) bond motifs is 1. The summed E-state index contributed by atoms with van der Waals surface area (Å²) >= 11 is 0. The second kappa shape index (κ2) is 8.04. The van der Waals surface area contributed by atoms with Crippen LogP contribution in [0.15, 0.2) is 53.6 Å². The van der Waals surface area contributed by atoms with E-state index < -0.39 is 35.9 Å². The Balaban J connectivity index is 1.71. The number of carbonyl (C=O) groups is 1. The average molecular weight is 405 g/mol. The van der Waals surface area contributed by atoms with E-state index in [4.69, 9.17) is 0 Å². The Morgan fingerprint density at radius 3 is 2.66 bits per heavy atom. The molecule has 3 aromatic rings. The number of aromatic nitrogens is 2. The first kappa shape index (κ1) is 20.5. The minimum Gasteiger partial charge on any atom is -0.387 e. The third kappa shape index (κ3) is 4.45. The topological polar surface area (TPSA) is 84.2 Å². The zero-order valence-electron chi connectivity index (χ0n) is 15.4. The van der Waals surface area contributed by atoms with E-state index in [-0.39, 0.29) is 12.1 Å². The molecule has 3 rings (SSSR count). The molecule has 1 aromatic heterocycles. The highest BCUT2D eigenvalue weighted by Gasteiger charge is 2.34. The van der Waals surface area contributed by atoms with Crippen LogP contribution in [0.5, 0.6) is 0 Å². The van der Waals surface area contributed by atoms with E-state index in [1.54, 1.807) is 12.1 Å². The minimum absolute atomic E-state index is 0.333. The predicted octanol–water partition coefficient (Wildman–Crippen LogP) is 2.57. The van der Waals surface area contributed by atoms with Crippen LogP contribution in [0.4, 0.5) is 13.2 Å². The number of hydrogen-bond acceptors (Lipinski definition) is 4. The van der Waals surface area contributed by atoms with Crippen LogP contribution < -0.4 is 10.9 Å². The number of aryl methyl sites for hydroxylation is 1. The molecule has 6 nitrogen and oxygen atoms in total. The molecular weight excluding hydrogens is 387 g/mol. The highest BCUT2D eigenvalue weighted by atomic mass is 19.4. The van der Waals surface area contributed by atoms with Crippen LogP contribution >= 0.6 is 0 Å². The van der Waals surface area contributed by atoms with Gasteiger partial charge in [0.25, 0.3) is 5.56 Å². The van der Waals surface area contributed by atoms with E-state index >= 15 is 0 Å². The molecule has 1 atom stereocenters. The zero-order chi connectivity index (χ0) is 21.2.